The Morgan fingerprint density at radius 1 is 0.314 bits per heavy atom. The fourth-order valence-electron chi connectivity index (χ4n) is 9.65. The first-order valence-electron chi connectivity index (χ1n) is 18.0. The molecule has 1 aliphatic rings. The van der Waals surface area contributed by atoms with Gasteiger partial charge in [-0.25, -0.2) is 0 Å². The van der Waals surface area contributed by atoms with Crippen LogP contribution in [0.3, 0.4) is 0 Å². The lowest BCUT2D eigenvalue weighted by molar-refractivity contribution is 0.666. The van der Waals surface area contributed by atoms with Crippen LogP contribution < -0.4 is 0 Å². The second-order valence-corrected chi connectivity index (χ2v) is 14.8. The van der Waals surface area contributed by atoms with Gasteiger partial charge >= 0.3 is 0 Å². The summed E-state index contributed by atoms with van der Waals surface area (Å²) in [5.41, 5.74) is 10.6. The third-order valence-corrected chi connectivity index (χ3v) is 11.8. The smallest absolute Gasteiger partial charge is 0.0165 e. The Kier molecular flexibility index (Phi) is 5.82. The summed E-state index contributed by atoms with van der Waals surface area (Å²) < 4.78 is 0. The average molecular weight is 647 g/mol. The van der Waals surface area contributed by atoms with E-state index in [2.05, 4.69) is 184 Å². The lowest BCUT2D eigenvalue weighted by Crippen LogP contribution is -2.15. The van der Waals surface area contributed by atoms with Gasteiger partial charge in [0.05, 0.1) is 0 Å². The Bertz CT molecular complexity index is 3050. The lowest BCUT2D eigenvalue weighted by atomic mass is 9.79. The zero-order valence-electron chi connectivity index (χ0n) is 28.7. The Labute approximate surface area is 297 Å². The van der Waals surface area contributed by atoms with Gasteiger partial charge in [0, 0.05) is 5.41 Å². The zero-order valence-corrected chi connectivity index (χ0v) is 28.7. The van der Waals surface area contributed by atoms with E-state index in [1.807, 2.05) is 0 Å². The molecule has 0 nitrogen and oxygen atoms in total. The van der Waals surface area contributed by atoms with E-state index in [0.717, 1.165) is 0 Å². The Morgan fingerprint density at radius 2 is 0.745 bits per heavy atom. The van der Waals surface area contributed by atoms with Crippen molar-refractivity contribution in [3.8, 4) is 33.4 Å². The molecule has 0 aliphatic heterocycles. The molecule has 11 rings (SSSR count). The molecule has 10 aromatic carbocycles. The molecule has 10 aromatic rings. The molecule has 0 aromatic heterocycles. The quantitative estimate of drug-likeness (QED) is 0.129. The van der Waals surface area contributed by atoms with Crippen LogP contribution in [-0.4, -0.2) is 0 Å². The molecule has 0 amide bonds. The van der Waals surface area contributed by atoms with Crippen LogP contribution in [0.1, 0.15) is 25.0 Å². The third kappa shape index (κ3) is 3.85. The minimum atomic E-state index is -0.127. The number of rotatable bonds is 2. The highest BCUT2D eigenvalue weighted by Gasteiger charge is 2.38. The molecule has 0 fully saturated rings. The van der Waals surface area contributed by atoms with E-state index < -0.39 is 0 Å². The van der Waals surface area contributed by atoms with Gasteiger partial charge < -0.3 is 0 Å². The van der Waals surface area contributed by atoms with E-state index in [9.17, 15) is 0 Å². The van der Waals surface area contributed by atoms with Crippen LogP contribution in [-0.2, 0) is 5.41 Å². The van der Waals surface area contributed by atoms with E-state index in [1.165, 1.54) is 109 Å². The number of hydrogen-bond donors (Lipinski definition) is 0. The van der Waals surface area contributed by atoms with Crippen LogP contribution in [0.25, 0.3) is 98.0 Å². The van der Waals surface area contributed by atoms with Gasteiger partial charge in [-0.15, -0.1) is 0 Å². The molecule has 238 valence electrons. The third-order valence-electron chi connectivity index (χ3n) is 11.8. The summed E-state index contributed by atoms with van der Waals surface area (Å²) in [4.78, 5) is 0. The molecule has 0 saturated carbocycles. The lowest BCUT2D eigenvalue weighted by Gasteiger charge is -2.24. The van der Waals surface area contributed by atoms with Crippen molar-refractivity contribution in [3.63, 3.8) is 0 Å². The summed E-state index contributed by atoms with van der Waals surface area (Å²) in [6.07, 6.45) is 0. The molecular weight excluding hydrogens is 613 g/mol. The predicted molar refractivity (Wildman–Crippen MR) is 220 cm³/mol. The van der Waals surface area contributed by atoms with Gasteiger partial charge in [-0.1, -0.05) is 172 Å². The first-order chi connectivity index (χ1) is 25.1. The summed E-state index contributed by atoms with van der Waals surface area (Å²) >= 11 is 0. The second kappa shape index (κ2) is 10.4. The van der Waals surface area contributed by atoms with Crippen molar-refractivity contribution in [2.75, 3.05) is 0 Å². The second-order valence-electron chi connectivity index (χ2n) is 14.8. The van der Waals surface area contributed by atoms with Crippen LogP contribution in [0, 0.1) is 0 Å². The highest BCUT2D eigenvalue weighted by molar-refractivity contribution is 6.26. The maximum Gasteiger partial charge on any atom is 0.0165 e. The number of hydrogen-bond acceptors (Lipinski definition) is 0. The van der Waals surface area contributed by atoms with Gasteiger partial charge in [0.25, 0.3) is 0 Å². The molecule has 0 radical (unpaired) electrons. The van der Waals surface area contributed by atoms with Gasteiger partial charge in [0.15, 0.2) is 0 Å². The molecule has 0 N–H and O–H groups in total. The van der Waals surface area contributed by atoms with Crippen molar-refractivity contribution in [3.05, 3.63) is 181 Å². The maximum atomic E-state index is 2.50. The van der Waals surface area contributed by atoms with Crippen LogP contribution in [0.2, 0.25) is 0 Å². The molecule has 0 bridgehead atoms. The topological polar surface area (TPSA) is 0 Å². The highest BCUT2D eigenvalue weighted by Crippen LogP contribution is 2.56. The molecule has 51 heavy (non-hydrogen) atoms. The Balaban J connectivity index is 1.25. The molecule has 0 heteroatoms. The molecule has 0 spiro atoms. The van der Waals surface area contributed by atoms with E-state index in [1.54, 1.807) is 0 Å². The standard InChI is InChI=1S/C51H34/c1-51(2)46-28-27-32(30-45(46)49-38-21-9-7-18-35(38)36-19-8-14-26-43(36)50(49)51)47-39-22-10-12-24-41(39)48(42-25-13-11-23-40(42)47)44-29-31-15-3-4-16-33(31)34-17-5-6-20-37(34)44/h3-30H,1-2H3. The van der Waals surface area contributed by atoms with Gasteiger partial charge in [-0.2, -0.15) is 0 Å². The molecule has 0 atom stereocenters. The van der Waals surface area contributed by atoms with Crippen molar-refractivity contribution in [2.45, 2.75) is 19.3 Å². The first kappa shape index (κ1) is 28.6. The number of benzene rings is 10. The van der Waals surface area contributed by atoms with Crippen LogP contribution in [0.15, 0.2) is 170 Å². The summed E-state index contributed by atoms with van der Waals surface area (Å²) in [6, 6.07) is 63.5. The van der Waals surface area contributed by atoms with Crippen molar-refractivity contribution in [2.24, 2.45) is 0 Å². The van der Waals surface area contributed by atoms with Crippen LogP contribution in [0.5, 0.6) is 0 Å². The first-order valence-corrected chi connectivity index (χ1v) is 18.0. The van der Waals surface area contributed by atoms with Gasteiger partial charge in [0.1, 0.15) is 0 Å². The molecule has 0 heterocycles. The van der Waals surface area contributed by atoms with Gasteiger partial charge in [-0.05, 0) is 121 Å². The van der Waals surface area contributed by atoms with Crippen LogP contribution >= 0.6 is 0 Å². The van der Waals surface area contributed by atoms with E-state index >= 15 is 0 Å². The molecular formula is C51H34. The summed E-state index contributed by atoms with van der Waals surface area (Å²) in [7, 11) is 0. The number of fused-ring (bicyclic) bond motifs is 13. The largest absolute Gasteiger partial charge is 0.0616 e. The Morgan fingerprint density at radius 3 is 1.35 bits per heavy atom. The monoisotopic (exact) mass is 646 g/mol. The fraction of sp³-hybridized carbons (Fsp3) is 0.0588. The maximum absolute atomic E-state index is 2.50. The summed E-state index contributed by atoms with van der Waals surface area (Å²) in [5, 5.41) is 15.6. The average Bonchev–Trinajstić information content (AvgIpc) is 3.43. The minimum Gasteiger partial charge on any atom is -0.0616 e. The highest BCUT2D eigenvalue weighted by atomic mass is 14.4. The van der Waals surface area contributed by atoms with E-state index in [4.69, 9.17) is 0 Å². The van der Waals surface area contributed by atoms with Crippen molar-refractivity contribution in [1.29, 1.82) is 0 Å². The van der Waals surface area contributed by atoms with Crippen molar-refractivity contribution in [1.82, 2.24) is 0 Å². The summed E-state index contributed by atoms with van der Waals surface area (Å²) in [5.74, 6) is 0. The molecule has 0 unspecified atom stereocenters. The fourth-order valence-corrected chi connectivity index (χ4v) is 9.65. The van der Waals surface area contributed by atoms with E-state index in [0.29, 0.717) is 0 Å². The van der Waals surface area contributed by atoms with Gasteiger partial charge in [0.2, 0.25) is 0 Å². The minimum absolute atomic E-state index is 0.127. The van der Waals surface area contributed by atoms with Crippen molar-refractivity contribution >= 4 is 64.6 Å². The predicted octanol–water partition coefficient (Wildman–Crippen LogP) is 14.2. The van der Waals surface area contributed by atoms with Crippen molar-refractivity contribution < 1.29 is 0 Å². The molecule has 1 aliphatic carbocycles. The zero-order chi connectivity index (χ0) is 33.8. The molecule has 0 saturated heterocycles. The van der Waals surface area contributed by atoms with Crippen LogP contribution in [0.4, 0.5) is 0 Å². The SMILES string of the molecule is CC1(C)c2ccc(-c3c4ccccc4c(-c4cc5ccccc5c5ccccc45)c4ccccc34)cc2-c2c1c1ccccc1c1ccccc21. The van der Waals surface area contributed by atoms with Gasteiger partial charge in [-0.3, -0.25) is 0 Å². The summed E-state index contributed by atoms with van der Waals surface area (Å²) in [6.45, 7) is 4.82. The van der Waals surface area contributed by atoms with E-state index in [-0.39, 0.29) is 5.41 Å². The Hall–Kier alpha value is -6.24. The normalized spacial score (nSPS) is 13.5.